The fraction of sp³-hybridized carbons (Fsp3) is 0.429. The molecule has 5 nitrogen and oxygen atoms in total. The van der Waals surface area contributed by atoms with Crippen LogP contribution in [0.4, 0.5) is 0 Å². The van der Waals surface area contributed by atoms with Crippen LogP contribution in [0.5, 0.6) is 5.75 Å². The van der Waals surface area contributed by atoms with Crippen LogP contribution >= 0.6 is 0 Å². The Morgan fingerprint density at radius 3 is 2.68 bits per heavy atom. The Labute approximate surface area is 113 Å². The van der Waals surface area contributed by atoms with Crippen LogP contribution in [0, 0.1) is 0 Å². The molecule has 0 spiro atoms. The molecule has 1 aromatic carbocycles. The summed E-state index contributed by atoms with van der Waals surface area (Å²) >= 11 is 0. The van der Waals surface area contributed by atoms with Crippen molar-refractivity contribution in [2.45, 2.75) is 26.2 Å². The molecular weight excluding hydrogens is 244 g/mol. The van der Waals surface area contributed by atoms with Crippen LogP contribution in [0.15, 0.2) is 24.3 Å². The largest absolute Gasteiger partial charge is 0.508 e. The van der Waals surface area contributed by atoms with Gasteiger partial charge in [0, 0.05) is 6.54 Å². The first-order chi connectivity index (χ1) is 9.02. The Bertz CT molecular complexity index is 446. The highest BCUT2D eigenvalue weighted by atomic mass is 16.3. The van der Waals surface area contributed by atoms with E-state index in [9.17, 15) is 14.7 Å². The van der Waals surface area contributed by atoms with Crippen LogP contribution in [0.1, 0.15) is 25.3 Å². The molecule has 19 heavy (non-hydrogen) atoms. The summed E-state index contributed by atoms with van der Waals surface area (Å²) in [5.41, 5.74) is 5.87. The van der Waals surface area contributed by atoms with E-state index < -0.39 is 5.91 Å². The average molecular weight is 264 g/mol. The van der Waals surface area contributed by atoms with Crippen molar-refractivity contribution in [1.29, 1.82) is 0 Å². The van der Waals surface area contributed by atoms with Crippen LogP contribution in [-0.4, -0.2) is 34.9 Å². The maximum Gasteiger partial charge on any atom is 0.237 e. The zero-order valence-corrected chi connectivity index (χ0v) is 11.1. The third-order valence-electron chi connectivity index (χ3n) is 2.75. The molecule has 104 valence electrons. The molecule has 2 amide bonds. The summed E-state index contributed by atoms with van der Waals surface area (Å²) < 4.78 is 0. The second-order valence-corrected chi connectivity index (χ2v) is 4.48. The molecule has 0 saturated carbocycles. The predicted molar refractivity (Wildman–Crippen MR) is 72.5 cm³/mol. The van der Waals surface area contributed by atoms with Gasteiger partial charge in [-0.15, -0.1) is 0 Å². The molecule has 1 rings (SSSR count). The van der Waals surface area contributed by atoms with Crippen molar-refractivity contribution in [3.63, 3.8) is 0 Å². The first-order valence-electron chi connectivity index (χ1n) is 6.37. The number of unbranched alkanes of at least 4 members (excludes halogenated alkanes) is 1. The van der Waals surface area contributed by atoms with E-state index in [0.717, 1.165) is 18.4 Å². The lowest BCUT2D eigenvalue weighted by Crippen LogP contribution is -2.39. The fourth-order valence-electron chi connectivity index (χ4n) is 1.78. The summed E-state index contributed by atoms with van der Waals surface area (Å²) in [5.74, 6) is -0.543. The van der Waals surface area contributed by atoms with Crippen LogP contribution in [0.2, 0.25) is 0 Å². The second-order valence-electron chi connectivity index (χ2n) is 4.48. The van der Waals surface area contributed by atoms with E-state index in [1.54, 1.807) is 24.3 Å². The zero-order valence-electron chi connectivity index (χ0n) is 11.1. The van der Waals surface area contributed by atoms with Gasteiger partial charge in [0.25, 0.3) is 0 Å². The molecule has 0 aromatic heterocycles. The second kappa shape index (κ2) is 7.41. The van der Waals surface area contributed by atoms with Gasteiger partial charge >= 0.3 is 0 Å². The van der Waals surface area contributed by atoms with Crippen molar-refractivity contribution in [2.75, 3.05) is 13.1 Å². The number of hydrogen-bond donors (Lipinski definition) is 2. The number of benzene rings is 1. The number of hydrogen-bond acceptors (Lipinski definition) is 3. The molecule has 0 heterocycles. The van der Waals surface area contributed by atoms with Gasteiger partial charge in [0.15, 0.2) is 0 Å². The van der Waals surface area contributed by atoms with E-state index in [1.165, 1.54) is 4.90 Å². The minimum Gasteiger partial charge on any atom is -0.508 e. The molecule has 0 aliphatic rings. The Balaban J connectivity index is 2.67. The molecule has 0 aliphatic carbocycles. The highest BCUT2D eigenvalue weighted by Gasteiger charge is 2.15. The third kappa shape index (κ3) is 5.42. The van der Waals surface area contributed by atoms with Gasteiger partial charge in [-0.25, -0.2) is 0 Å². The molecule has 0 fully saturated rings. The van der Waals surface area contributed by atoms with E-state index in [2.05, 4.69) is 0 Å². The molecule has 0 aliphatic heterocycles. The number of carbonyl (C=O) groups is 2. The van der Waals surface area contributed by atoms with E-state index in [0.29, 0.717) is 6.54 Å². The highest BCUT2D eigenvalue weighted by Crippen LogP contribution is 2.12. The number of rotatable bonds is 7. The maximum absolute atomic E-state index is 12.1. The first-order valence-corrected chi connectivity index (χ1v) is 6.37. The maximum atomic E-state index is 12.1. The molecule has 3 N–H and O–H groups in total. The summed E-state index contributed by atoms with van der Waals surface area (Å²) in [5, 5.41) is 9.35. The van der Waals surface area contributed by atoms with Gasteiger partial charge in [0.2, 0.25) is 11.8 Å². The lowest BCUT2D eigenvalue weighted by molar-refractivity contribution is -0.134. The number of aromatic hydroxyl groups is 1. The van der Waals surface area contributed by atoms with Crippen molar-refractivity contribution in [3.8, 4) is 5.75 Å². The molecule has 1 aromatic rings. The molecular formula is C14H20N2O3. The predicted octanol–water partition coefficient (Wildman–Crippen LogP) is 1.05. The summed E-state index contributed by atoms with van der Waals surface area (Å²) in [7, 11) is 0. The van der Waals surface area contributed by atoms with Gasteiger partial charge in [-0.1, -0.05) is 25.5 Å². The summed E-state index contributed by atoms with van der Waals surface area (Å²) in [6, 6.07) is 6.54. The molecule has 0 radical (unpaired) electrons. The molecule has 0 unspecified atom stereocenters. The van der Waals surface area contributed by atoms with Crippen LogP contribution in [0.25, 0.3) is 0 Å². The van der Waals surface area contributed by atoms with Gasteiger partial charge in [0.05, 0.1) is 13.0 Å². The number of amides is 2. The molecule has 5 heteroatoms. The monoisotopic (exact) mass is 264 g/mol. The molecule has 0 atom stereocenters. The number of carbonyl (C=O) groups excluding carboxylic acids is 2. The van der Waals surface area contributed by atoms with Crippen LogP contribution < -0.4 is 5.73 Å². The topological polar surface area (TPSA) is 83.6 Å². The van der Waals surface area contributed by atoms with E-state index >= 15 is 0 Å². The third-order valence-corrected chi connectivity index (χ3v) is 2.75. The SMILES string of the molecule is CCCCN(CC(N)=O)C(=O)Cc1cccc(O)c1. The summed E-state index contributed by atoms with van der Waals surface area (Å²) in [6.45, 7) is 2.48. The van der Waals surface area contributed by atoms with Crippen molar-refractivity contribution in [2.24, 2.45) is 5.73 Å². The van der Waals surface area contributed by atoms with Crippen LogP contribution in [-0.2, 0) is 16.0 Å². The number of primary amides is 1. The zero-order chi connectivity index (χ0) is 14.3. The number of nitrogens with zero attached hydrogens (tertiary/aromatic N) is 1. The average Bonchev–Trinajstić information content (AvgIpc) is 2.34. The quantitative estimate of drug-likeness (QED) is 0.772. The van der Waals surface area contributed by atoms with Gasteiger partial charge in [-0.2, -0.15) is 0 Å². The van der Waals surface area contributed by atoms with Crippen molar-refractivity contribution >= 4 is 11.8 Å². The van der Waals surface area contributed by atoms with E-state index in [1.807, 2.05) is 6.92 Å². The minimum atomic E-state index is -0.514. The number of nitrogens with two attached hydrogens (primary N) is 1. The highest BCUT2D eigenvalue weighted by molar-refractivity contribution is 5.85. The Morgan fingerprint density at radius 2 is 2.11 bits per heavy atom. The van der Waals surface area contributed by atoms with Gasteiger partial charge in [-0.05, 0) is 24.1 Å². The lowest BCUT2D eigenvalue weighted by atomic mass is 10.1. The fourth-order valence-corrected chi connectivity index (χ4v) is 1.78. The molecule has 0 bridgehead atoms. The first kappa shape index (κ1) is 15.0. The summed E-state index contributed by atoms with van der Waals surface area (Å²) in [6.07, 6.45) is 1.93. The van der Waals surface area contributed by atoms with E-state index in [-0.39, 0.29) is 24.6 Å². The Hall–Kier alpha value is -2.04. The van der Waals surface area contributed by atoms with Crippen molar-refractivity contribution in [1.82, 2.24) is 4.90 Å². The number of phenolic OH excluding ortho intramolecular Hbond substituents is 1. The Morgan fingerprint density at radius 1 is 1.37 bits per heavy atom. The normalized spacial score (nSPS) is 10.2. The van der Waals surface area contributed by atoms with Gasteiger partial charge in [0.1, 0.15) is 5.75 Å². The van der Waals surface area contributed by atoms with Gasteiger partial charge < -0.3 is 15.7 Å². The van der Waals surface area contributed by atoms with Crippen molar-refractivity contribution in [3.05, 3.63) is 29.8 Å². The lowest BCUT2D eigenvalue weighted by Gasteiger charge is -2.21. The van der Waals surface area contributed by atoms with Crippen LogP contribution in [0.3, 0.4) is 0 Å². The summed E-state index contributed by atoms with van der Waals surface area (Å²) in [4.78, 5) is 24.5. The number of phenols is 1. The smallest absolute Gasteiger partial charge is 0.237 e. The van der Waals surface area contributed by atoms with Gasteiger partial charge in [-0.3, -0.25) is 9.59 Å². The van der Waals surface area contributed by atoms with Crippen molar-refractivity contribution < 1.29 is 14.7 Å². The standard InChI is InChI=1S/C14H20N2O3/c1-2-3-7-16(10-13(15)18)14(19)9-11-5-4-6-12(17)8-11/h4-6,8,17H,2-3,7,9-10H2,1H3,(H2,15,18). The Kier molecular flexibility index (Phi) is 5.85. The minimum absolute atomic E-state index is 0.0579. The van der Waals surface area contributed by atoms with E-state index in [4.69, 9.17) is 5.73 Å². The molecule has 0 saturated heterocycles.